The molecule has 1 heterocycles. The highest BCUT2D eigenvalue weighted by Crippen LogP contribution is 2.43. The molecule has 0 aromatic heterocycles. The summed E-state index contributed by atoms with van der Waals surface area (Å²) in [4.78, 5) is 24.9. The Morgan fingerprint density at radius 2 is 1.95 bits per heavy atom. The number of halogens is 2. The number of carboxylic acids is 1. The first-order valence-electron chi connectivity index (χ1n) is 6.63. The fraction of sp³-hybridized carbons (Fsp3) is 0.467. The average Bonchev–Trinajstić information content (AvgIpc) is 2.66. The lowest BCUT2D eigenvalue weighted by atomic mass is 9.91. The van der Waals surface area contributed by atoms with Crippen LogP contribution in [0.15, 0.2) is 18.2 Å². The van der Waals surface area contributed by atoms with Gasteiger partial charge in [-0.25, -0.2) is 8.78 Å². The van der Waals surface area contributed by atoms with Crippen molar-refractivity contribution in [3.8, 4) is 0 Å². The van der Waals surface area contributed by atoms with E-state index in [1.165, 1.54) is 11.0 Å². The summed E-state index contributed by atoms with van der Waals surface area (Å²) in [5.41, 5.74) is -0.628. The Labute approximate surface area is 121 Å². The third-order valence-corrected chi connectivity index (χ3v) is 3.64. The maximum absolute atomic E-state index is 14.1. The van der Waals surface area contributed by atoms with Crippen molar-refractivity contribution in [3.05, 3.63) is 35.4 Å². The highest BCUT2D eigenvalue weighted by atomic mass is 19.1. The van der Waals surface area contributed by atoms with Gasteiger partial charge in [-0.1, -0.05) is 6.07 Å². The van der Waals surface area contributed by atoms with E-state index in [1.807, 2.05) is 0 Å². The Kier molecular flexibility index (Phi) is 3.74. The molecule has 1 fully saturated rings. The predicted octanol–water partition coefficient (Wildman–Crippen LogP) is 2.74. The van der Waals surface area contributed by atoms with E-state index in [2.05, 4.69) is 0 Å². The molecule has 1 aliphatic heterocycles. The maximum atomic E-state index is 14.1. The van der Waals surface area contributed by atoms with E-state index < -0.39 is 35.1 Å². The quantitative estimate of drug-likeness (QED) is 0.913. The summed E-state index contributed by atoms with van der Waals surface area (Å²) in [7, 11) is 0. The number of hydrogen-bond donors (Lipinski definition) is 1. The molecule has 1 amide bonds. The molecule has 0 saturated carbocycles. The first-order chi connectivity index (χ1) is 9.62. The standard InChI is InChI=1S/C15H17F2NO3/c1-15(2,3)18-12(19)7-10(14(20)21)13(18)9-5-4-8(16)6-11(9)17/h4-6,10,13H,7H2,1-3H3,(H,20,21). The second-order valence-electron chi connectivity index (χ2n) is 6.19. The third kappa shape index (κ3) is 2.75. The van der Waals surface area contributed by atoms with Crippen molar-refractivity contribution in [2.24, 2.45) is 5.92 Å². The van der Waals surface area contributed by atoms with E-state index in [0.717, 1.165) is 6.07 Å². The molecule has 2 unspecified atom stereocenters. The molecule has 2 rings (SSSR count). The molecule has 1 aromatic carbocycles. The molecule has 0 radical (unpaired) electrons. The van der Waals surface area contributed by atoms with Crippen LogP contribution in [0.4, 0.5) is 8.78 Å². The molecule has 6 heteroatoms. The molecule has 1 saturated heterocycles. The lowest BCUT2D eigenvalue weighted by molar-refractivity contribution is -0.143. The number of nitrogens with zero attached hydrogens (tertiary/aromatic N) is 1. The summed E-state index contributed by atoms with van der Waals surface area (Å²) in [6, 6.07) is 2.05. The molecule has 1 N–H and O–H groups in total. The van der Waals surface area contributed by atoms with Crippen LogP contribution in [0.5, 0.6) is 0 Å². The van der Waals surface area contributed by atoms with Crippen molar-refractivity contribution in [1.29, 1.82) is 0 Å². The van der Waals surface area contributed by atoms with Gasteiger partial charge in [0.05, 0.1) is 12.0 Å². The first-order valence-corrected chi connectivity index (χ1v) is 6.63. The lowest BCUT2D eigenvalue weighted by Gasteiger charge is -2.38. The van der Waals surface area contributed by atoms with Crippen LogP contribution in [0.25, 0.3) is 0 Å². The number of likely N-dealkylation sites (tertiary alicyclic amines) is 1. The Balaban J connectivity index is 2.57. The van der Waals surface area contributed by atoms with Crippen LogP contribution in [0.1, 0.15) is 38.8 Å². The van der Waals surface area contributed by atoms with E-state index in [-0.39, 0.29) is 17.9 Å². The normalized spacial score (nSPS) is 22.7. The Hall–Kier alpha value is -1.98. The fourth-order valence-electron chi connectivity index (χ4n) is 2.84. The highest BCUT2D eigenvalue weighted by Gasteiger charge is 2.49. The molecule has 114 valence electrons. The molecule has 21 heavy (non-hydrogen) atoms. The van der Waals surface area contributed by atoms with E-state index in [1.54, 1.807) is 20.8 Å². The minimum atomic E-state index is -1.16. The number of carbonyl (C=O) groups excluding carboxylic acids is 1. The molecule has 0 aliphatic carbocycles. The van der Waals surface area contributed by atoms with Gasteiger partial charge in [-0.3, -0.25) is 9.59 Å². The molecule has 4 nitrogen and oxygen atoms in total. The van der Waals surface area contributed by atoms with Gasteiger partial charge in [0, 0.05) is 23.6 Å². The van der Waals surface area contributed by atoms with E-state index in [4.69, 9.17) is 0 Å². The zero-order valence-electron chi connectivity index (χ0n) is 12.1. The predicted molar refractivity (Wildman–Crippen MR) is 71.4 cm³/mol. The summed E-state index contributed by atoms with van der Waals surface area (Å²) in [6.07, 6.45) is -0.186. The van der Waals surface area contributed by atoms with Crippen LogP contribution in [0, 0.1) is 17.6 Å². The van der Waals surface area contributed by atoms with Crippen LogP contribution in [0.3, 0.4) is 0 Å². The highest BCUT2D eigenvalue weighted by molar-refractivity contribution is 5.87. The number of rotatable bonds is 2. The van der Waals surface area contributed by atoms with Crippen LogP contribution in [-0.4, -0.2) is 27.4 Å². The zero-order valence-corrected chi connectivity index (χ0v) is 12.1. The second-order valence-corrected chi connectivity index (χ2v) is 6.19. The molecule has 0 spiro atoms. The van der Waals surface area contributed by atoms with Crippen LogP contribution in [0.2, 0.25) is 0 Å². The number of hydrogen-bond acceptors (Lipinski definition) is 2. The molecule has 2 atom stereocenters. The molecular weight excluding hydrogens is 280 g/mol. The van der Waals surface area contributed by atoms with Gasteiger partial charge in [0.2, 0.25) is 5.91 Å². The molecule has 1 aromatic rings. The molecule has 1 aliphatic rings. The van der Waals surface area contributed by atoms with Crippen molar-refractivity contribution in [3.63, 3.8) is 0 Å². The van der Waals surface area contributed by atoms with Crippen LogP contribution in [-0.2, 0) is 9.59 Å². The minimum Gasteiger partial charge on any atom is -0.481 e. The molecule has 0 bridgehead atoms. The van der Waals surface area contributed by atoms with Crippen molar-refractivity contribution in [2.45, 2.75) is 38.8 Å². The number of aliphatic carboxylic acids is 1. The Bertz CT molecular complexity index is 595. The fourth-order valence-corrected chi connectivity index (χ4v) is 2.84. The molecular formula is C15H17F2NO3. The Morgan fingerprint density at radius 3 is 2.43 bits per heavy atom. The summed E-state index contributed by atoms with van der Waals surface area (Å²) >= 11 is 0. The third-order valence-electron chi connectivity index (χ3n) is 3.64. The lowest BCUT2D eigenvalue weighted by Crippen LogP contribution is -2.44. The van der Waals surface area contributed by atoms with Gasteiger partial charge in [-0.2, -0.15) is 0 Å². The summed E-state index contributed by atoms with van der Waals surface area (Å²) in [6.45, 7) is 5.26. The smallest absolute Gasteiger partial charge is 0.309 e. The van der Waals surface area contributed by atoms with Crippen LogP contribution >= 0.6 is 0 Å². The van der Waals surface area contributed by atoms with Crippen molar-refractivity contribution in [2.75, 3.05) is 0 Å². The van der Waals surface area contributed by atoms with Crippen molar-refractivity contribution < 1.29 is 23.5 Å². The van der Waals surface area contributed by atoms with E-state index >= 15 is 0 Å². The van der Waals surface area contributed by atoms with Gasteiger partial charge in [0.15, 0.2) is 0 Å². The van der Waals surface area contributed by atoms with Gasteiger partial charge < -0.3 is 10.0 Å². The summed E-state index contributed by atoms with van der Waals surface area (Å²) in [5, 5.41) is 9.32. The van der Waals surface area contributed by atoms with Crippen molar-refractivity contribution >= 4 is 11.9 Å². The maximum Gasteiger partial charge on any atom is 0.309 e. The van der Waals surface area contributed by atoms with Gasteiger partial charge in [-0.05, 0) is 26.8 Å². The average molecular weight is 297 g/mol. The van der Waals surface area contributed by atoms with Crippen LogP contribution < -0.4 is 0 Å². The van der Waals surface area contributed by atoms with Gasteiger partial charge in [0.25, 0.3) is 0 Å². The largest absolute Gasteiger partial charge is 0.481 e. The minimum absolute atomic E-state index is 0.0320. The van der Waals surface area contributed by atoms with Gasteiger partial charge in [-0.15, -0.1) is 0 Å². The second kappa shape index (κ2) is 5.09. The topological polar surface area (TPSA) is 57.6 Å². The van der Waals surface area contributed by atoms with E-state index in [0.29, 0.717) is 6.07 Å². The van der Waals surface area contributed by atoms with E-state index in [9.17, 15) is 23.5 Å². The number of amides is 1. The summed E-state index contributed by atoms with van der Waals surface area (Å²) in [5.74, 6) is -4.13. The SMILES string of the molecule is CC(C)(C)N1C(=O)CC(C(=O)O)C1c1ccc(F)cc1F. The first kappa shape index (κ1) is 15.4. The summed E-state index contributed by atoms with van der Waals surface area (Å²) < 4.78 is 27.1. The number of carbonyl (C=O) groups is 2. The van der Waals surface area contributed by atoms with Gasteiger partial charge in [0.1, 0.15) is 11.6 Å². The Morgan fingerprint density at radius 1 is 1.33 bits per heavy atom. The van der Waals surface area contributed by atoms with Gasteiger partial charge >= 0.3 is 5.97 Å². The number of benzene rings is 1. The zero-order chi connectivity index (χ0) is 15.9. The monoisotopic (exact) mass is 297 g/mol. The number of carboxylic acid groups (broad SMARTS) is 1. The van der Waals surface area contributed by atoms with Crippen molar-refractivity contribution in [1.82, 2.24) is 4.90 Å².